The second kappa shape index (κ2) is 7.41. The van der Waals surface area contributed by atoms with Crippen molar-refractivity contribution < 1.29 is 23.4 Å². The lowest BCUT2D eigenvalue weighted by Crippen LogP contribution is -2.12. The highest BCUT2D eigenvalue weighted by atomic mass is 35.5. The maximum Gasteiger partial charge on any atom is 0.354 e. The number of carboxylic acid groups (broad SMARTS) is 1. The summed E-state index contributed by atoms with van der Waals surface area (Å²) >= 11 is 6.24. The quantitative estimate of drug-likeness (QED) is 0.879. The molecule has 2 rings (SSSR count). The molecule has 0 saturated heterocycles. The summed E-state index contributed by atoms with van der Waals surface area (Å²) in [5.74, 6) is -1.45. The van der Waals surface area contributed by atoms with Gasteiger partial charge in [0.15, 0.2) is 12.3 Å². The summed E-state index contributed by atoms with van der Waals surface area (Å²) in [6.07, 6.45) is 4.11. The Morgan fingerprint density at radius 1 is 1.57 bits per heavy atom. The second-order valence-corrected chi connectivity index (χ2v) is 5.30. The fourth-order valence-electron chi connectivity index (χ4n) is 2.13. The van der Waals surface area contributed by atoms with Crippen LogP contribution in [0, 0.1) is 0 Å². The highest BCUT2D eigenvalue weighted by Crippen LogP contribution is 2.30. The number of nitrogens with zero attached hydrogens (tertiary/aromatic N) is 2. The molecule has 0 saturated carbocycles. The van der Waals surface area contributed by atoms with E-state index in [2.05, 4.69) is 5.10 Å². The van der Waals surface area contributed by atoms with Gasteiger partial charge in [-0.15, -0.1) is 5.10 Å². The number of ether oxygens (including phenoxy) is 1. The Morgan fingerprint density at radius 3 is 2.96 bits per heavy atom. The zero-order valence-corrected chi connectivity index (χ0v) is 13.1. The summed E-state index contributed by atoms with van der Waals surface area (Å²) < 4.78 is 30.4. The molecule has 1 aromatic heterocycles. The Kier molecular flexibility index (Phi) is 5.54. The number of aromatic nitrogens is 2. The second-order valence-electron chi connectivity index (χ2n) is 4.90. The molecule has 0 unspecified atom stereocenters. The molecule has 0 spiro atoms. The monoisotopic (exact) mass is 344 g/mol. The highest BCUT2D eigenvalue weighted by Gasteiger charge is 2.22. The Morgan fingerprint density at radius 2 is 2.30 bits per heavy atom. The lowest BCUT2D eigenvalue weighted by molar-refractivity contribution is 0.0687. The fraction of sp³-hybridized carbons (Fsp3) is 0.333. The van der Waals surface area contributed by atoms with E-state index in [0.717, 1.165) is 22.7 Å². The topological polar surface area (TPSA) is 64.4 Å². The van der Waals surface area contributed by atoms with Crippen LogP contribution in [0.1, 0.15) is 30.3 Å². The molecule has 1 aromatic rings. The summed E-state index contributed by atoms with van der Waals surface area (Å²) in [7, 11) is 0. The Balaban J connectivity index is 2.49. The van der Waals surface area contributed by atoms with E-state index in [1.165, 1.54) is 0 Å². The Bertz CT molecular complexity index is 693. The molecule has 0 atom stereocenters. The van der Waals surface area contributed by atoms with Crippen LogP contribution >= 0.6 is 11.6 Å². The predicted octanol–water partition coefficient (Wildman–Crippen LogP) is 3.93. The van der Waals surface area contributed by atoms with Gasteiger partial charge in [-0.3, -0.25) is 0 Å². The molecule has 124 valence electrons. The maximum absolute atomic E-state index is 12.2. The van der Waals surface area contributed by atoms with E-state index in [1.54, 1.807) is 12.2 Å². The summed E-state index contributed by atoms with van der Waals surface area (Å²) in [5, 5.41) is 13.6. The van der Waals surface area contributed by atoms with Gasteiger partial charge in [-0.05, 0) is 31.4 Å². The van der Waals surface area contributed by atoms with E-state index in [4.69, 9.17) is 16.3 Å². The minimum Gasteiger partial charge on any atom is -0.477 e. The minimum atomic E-state index is -2.68. The summed E-state index contributed by atoms with van der Waals surface area (Å²) in [6.45, 7) is 0.956. The van der Waals surface area contributed by atoms with Crippen LogP contribution in [-0.4, -0.2) is 33.9 Å². The van der Waals surface area contributed by atoms with Gasteiger partial charge in [-0.25, -0.2) is 18.3 Å². The Hall–Kier alpha value is -2.15. The van der Waals surface area contributed by atoms with Crippen molar-refractivity contribution in [2.75, 3.05) is 6.61 Å². The molecule has 0 aromatic carbocycles. The zero-order chi connectivity index (χ0) is 17.0. The number of rotatable bonds is 5. The average molecular weight is 345 g/mol. The van der Waals surface area contributed by atoms with Gasteiger partial charge in [-0.2, -0.15) is 0 Å². The van der Waals surface area contributed by atoms with Crippen molar-refractivity contribution in [2.45, 2.75) is 26.2 Å². The van der Waals surface area contributed by atoms with Gasteiger partial charge in [0, 0.05) is 6.07 Å². The van der Waals surface area contributed by atoms with Crippen LogP contribution in [0.3, 0.4) is 0 Å². The van der Waals surface area contributed by atoms with Crippen LogP contribution in [0.2, 0.25) is 0 Å². The van der Waals surface area contributed by atoms with Crippen molar-refractivity contribution in [2.24, 2.45) is 0 Å². The van der Waals surface area contributed by atoms with Gasteiger partial charge >= 0.3 is 5.97 Å². The molecule has 1 N–H and O–H groups in total. The SMILES string of the molecule is CC1=C(n2nc(OCC(F)F)cc2C(=O)O)C(Cl)=CC=CCC1. The van der Waals surface area contributed by atoms with E-state index in [-0.39, 0.29) is 11.6 Å². The number of hydrogen-bond acceptors (Lipinski definition) is 3. The normalized spacial score (nSPS) is 15.4. The van der Waals surface area contributed by atoms with Crippen molar-refractivity contribution in [1.29, 1.82) is 0 Å². The first kappa shape index (κ1) is 17.2. The maximum atomic E-state index is 12.2. The van der Waals surface area contributed by atoms with Crippen LogP contribution in [0.15, 0.2) is 34.9 Å². The minimum absolute atomic E-state index is 0.190. The first-order valence-electron chi connectivity index (χ1n) is 6.87. The van der Waals surface area contributed by atoms with Crippen molar-refractivity contribution in [3.8, 4) is 5.88 Å². The first-order valence-corrected chi connectivity index (χ1v) is 7.25. The lowest BCUT2D eigenvalue weighted by atomic mass is 10.1. The number of allylic oxidation sites excluding steroid dienone is 6. The van der Waals surface area contributed by atoms with E-state index in [9.17, 15) is 18.7 Å². The van der Waals surface area contributed by atoms with Gasteiger partial charge < -0.3 is 9.84 Å². The zero-order valence-electron chi connectivity index (χ0n) is 12.3. The number of carbonyl (C=O) groups is 1. The van der Waals surface area contributed by atoms with Gasteiger partial charge in [-0.1, -0.05) is 23.8 Å². The van der Waals surface area contributed by atoms with Gasteiger partial charge in [0.2, 0.25) is 5.88 Å². The van der Waals surface area contributed by atoms with Crippen LogP contribution in [0.25, 0.3) is 5.70 Å². The molecular formula is C15H15ClF2N2O3. The molecule has 1 heterocycles. The summed E-state index contributed by atoms with van der Waals surface area (Å²) in [5.41, 5.74) is 1.04. The predicted molar refractivity (Wildman–Crippen MR) is 81.9 cm³/mol. The number of alkyl halides is 2. The fourth-order valence-corrected chi connectivity index (χ4v) is 2.45. The number of carboxylic acids is 1. The molecule has 1 aliphatic carbocycles. The molecule has 0 bridgehead atoms. The molecular weight excluding hydrogens is 330 g/mol. The molecule has 8 heteroatoms. The van der Waals surface area contributed by atoms with Gasteiger partial charge in [0.05, 0.1) is 10.7 Å². The molecule has 5 nitrogen and oxygen atoms in total. The van der Waals surface area contributed by atoms with Crippen molar-refractivity contribution in [3.05, 3.63) is 40.6 Å². The van der Waals surface area contributed by atoms with Crippen LogP contribution < -0.4 is 4.74 Å². The molecule has 0 radical (unpaired) electrons. The molecule has 1 aliphatic rings. The molecule has 0 fully saturated rings. The largest absolute Gasteiger partial charge is 0.477 e. The first-order chi connectivity index (χ1) is 10.9. The number of aromatic carboxylic acids is 1. The molecule has 0 aliphatic heterocycles. The van der Waals surface area contributed by atoms with Crippen molar-refractivity contribution in [1.82, 2.24) is 9.78 Å². The van der Waals surface area contributed by atoms with Gasteiger partial charge in [0.25, 0.3) is 6.43 Å². The van der Waals surface area contributed by atoms with Crippen molar-refractivity contribution >= 4 is 23.3 Å². The number of halogens is 3. The third kappa shape index (κ3) is 4.19. The van der Waals surface area contributed by atoms with Crippen LogP contribution in [-0.2, 0) is 0 Å². The van der Waals surface area contributed by atoms with E-state index < -0.39 is 19.0 Å². The van der Waals surface area contributed by atoms with Crippen molar-refractivity contribution in [3.63, 3.8) is 0 Å². The standard InChI is InChI=1S/C15H15ClF2N2O3/c1-9-5-3-2-4-6-10(16)14(9)20-11(15(21)22)7-13(19-20)23-8-12(17)18/h2,4,6-7,12H,3,5,8H2,1H3,(H,21,22). The summed E-state index contributed by atoms with van der Waals surface area (Å²) in [4.78, 5) is 11.4. The average Bonchev–Trinajstić information content (AvgIpc) is 2.87. The van der Waals surface area contributed by atoms with E-state index in [0.29, 0.717) is 17.2 Å². The van der Waals surface area contributed by atoms with Gasteiger partial charge in [0.1, 0.15) is 0 Å². The summed E-state index contributed by atoms with van der Waals surface area (Å²) in [6, 6.07) is 1.10. The Labute approximate surface area is 136 Å². The lowest BCUT2D eigenvalue weighted by Gasteiger charge is -2.14. The smallest absolute Gasteiger partial charge is 0.354 e. The van der Waals surface area contributed by atoms with E-state index in [1.807, 2.05) is 13.0 Å². The highest BCUT2D eigenvalue weighted by molar-refractivity contribution is 6.36. The third-order valence-electron chi connectivity index (χ3n) is 3.17. The van der Waals surface area contributed by atoms with Crippen LogP contribution in [0.4, 0.5) is 8.78 Å². The molecule has 23 heavy (non-hydrogen) atoms. The molecule has 0 amide bonds. The van der Waals surface area contributed by atoms with E-state index >= 15 is 0 Å². The third-order valence-corrected chi connectivity index (χ3v) is 3.48. The number of hydrogen-bond donors (Lipinski definition) is 1. The van der Waals surface area contributed by atoms with Crippen LogP contribution in [0.5, 0.6) is 5.88 Å².